The third kappa shape index (κ3) is 4.52. The van der Waals surface area contributed by atoms with Crippen molar-refractivity contribution in [3.8, 4) is 0 Å². The Morgan fingerprint density at radius 1 is 1.03 bits per heavy atom. The number of rotatable bonds is 8. The number of aryl methyl sites for hydroxylation is 1. The maximum Gasteiger partial charge on any atom is 0.243 e. The van der Waals surface area contributed by atoms with Crippen molar-refractivity contribution in [3.05, 3.63) is 59.9 Å². The van der Waals surface area contributed by atoms with Gasteiger partial charge < -0.3 is 9.73 Å². The molecule has 154 valence electrons. The molecule has 3 rings (SSSR count). The molecule has 1 heterocycles. The first-order valence-electron chi connectivity index (χ1n) is 9.78. The number of benzene rings is 2. The summed E-state index contributed by atoms with van der Waals surface area (Å²) in [7, 11) is -3.51. The van der Waals surface area contributed by atoms with Crippen molar-refractivity contribution in [2.24, 2.45) is 0 Å². The number of carbonyl (C=O) groups excluding carboxylic acids is 1. The van der Waals surface area contributed by atoms with E-state index >= 15 is 0 Å². The van der Waals surface area contributed by atoms with Gasteiger partial charge in [-0.15, -0.1) is 0 Å². The Hall–Kier alpha value is -2.64. The van der Waals surface area contributed by atoms with Crippen molar-refractivity contribution >= 4 is 32.6 Å². The lowest BCUT2D eigenvalue weighted by atomic mass is 10.1. The van der Waals surface area contributed by atoms with Crippen molar-refractivity contribution in [1.82, 2.24) is 4.31 Å². The van der Waals surface area contributed by atoms with E-state index in [0.29, 0.717) is 18.8 Å². The first-order chi connectivity index (χ1) is 13.9. The van der Waals surface area contributed by atoms with Gasteiger partial charge in [0, 0.05) is 29.7 Å². The average molecular weight is 415 g/mol. The maximum absolute atomic E-state index is 12.5. The van der Waals surface area contributed by atoms with E-state index in [1.54, 1.807) is 32.2 Å². The van der Waals surface area contributed by atoms with Gasteiger partial charge in [0.05, 0.1) is 17.6 Å². The highest BCUT2D eigenvalue weighted by atomic mass is 32.2. The van der Waals surface area contributed by atoms with Crippen molar-refractivity contribution < 1.29 is 17.6 Å². The molecule has 7 heteroatoms. The lowest BCUT2D eigenvalue weighted by Gasteiger charge is -2.18. The van der Waals surface area contributed by atoms with Crippen molar-refractivity contribution in [2.75, 3.05) is 18.4 Å². The zero-order valence-electron chi connectivity index (χ0n) is 16.9. The summed E-state index contributed by atoms with van der Waals surface area (Å²) in [5, 5.41) is 3.74. The highest BCUT2D eigenvalue weighted by Gasteiger charge is 2.21. The smallest absolute Gasteiger partial charge is 0.243 e. The molecular formula is C22H26N2O4S. The number of fused-ring (bicyclic) bond motifs is 1. The van der Waals surface area contributed by atoms with Crippen LogP contribution in [0.25, 0.3) is 11.0 Å². The molecular weight excluding hydrogens is 388 g/mol. The molecule has 0 unspecified atom stereocenters. The molecule has 0 radical (unpaired) electrons. The molecule has 2 aromatic carbocycles. The minimum absolute atomic E-state index is 0.179. The fourth-order valence-electron chi connectivity index (χ4n) is 3.29. The summed E-state index contributed by atoms with van der Waals surface area (Å²) in [6.45, 7) is 6.51. The zero-order chi connectivity index (χ0) is 21.0. The lowest BCUT2D eigenvalue weighted by molar-refractivity contribution is -0.115. The number of nitrogens with zero attached hydrogens (tertiary/aromatic N) is 1. The number of sulfonamides is 1. The first kappa shape index (κ1) is 21.1. The van der Waals surface area contributed by atoms with Crippen LogP contribution in [0.2, 0.25) is 0 Å². The van der Waals surface area contributed by atoms with Gasteiger partial charge in [-0.3, -0.25) is 4.79 Å². The quantitative estimate of drug-likeness (QED) is 0.599. The normalized spacial score (nSPS) is 11.9. The Labute approximate surface area is 171 Å². The minimum atomic E-state index is -3.51. The molecule has 0 fully saturated rings. The standard InChI is InChI=1S/C22H26N2O4S/c1-4-16-7-12-20-17(15-28-21(20)13-16)14-22(25)23-18-8-10-19(11-9-18)29(26,27)24(5-2)6-3/h7-13,15H,4-6,14H2,1-3H3,(H,23,25). The molecule has 0 bridgehead atoms. The first-order valence-corrected chi connectivity index (χ1v) is 11.2. The van der Waals surface area contributed by atoms with Crippen LogP contribution < -0.4 is 5.32 Å². The van der Waals surface area contributed by atoms with Gasteiger partial charge in [-0.25, -0.2) is 8.42 Å². The summed E-state index contributed by atoms with van der Waals surface area (Å²) in [5.41, 5.74) is 3.33. The Morgan fingerprint density at radius 3 is 2.34 bits per heavy atom. The predicted molar refractivity (Wildman–Crippen MR) is 114 cm³/mol. The summed E-state index contributed by atoms with van der Waals surface area (Å²) in [6, 6.07) is 12.3. The molecule has 1 amide bonds. The van der Waals surface area contributed by atoms with Crippen LogP contribution in [0, 0.1) is 0 Å². The minimum Gasteiger partial charge on any atom is -0.464 e. The molecule has 0 saturated heterocycles. The van der Waals surface area contributed by atoms with E-state index in [4.69, 9.17) is 4.42 Å². The van der Waals surface area contributed by atoms with Crippen LogP contribution in [0.1, 0.15) is 31.9 Å². The van der Waals surface area contributed by atoms with E-state index < -0.39 is 10.0 Å². The van der Waals surface area contributed by atoms with Crippen molar-refractivity contribution in [3.63, 3.8) is 0 Å². The van der Waals surface area contributed by atoms with Crippen LogP contribution in [0.15, 0.2) is 58.0 Å². The second-order valence-corrected chi connectivity index (χ2v) is 8.72. The third-order valence-electron chi connectivity index (χ3n) is 4.96. The molecule has 0 spiro atoms. The summed E-state index contributed by atoms with van der Waals surface area (Å²) in [5.74, 6) is -0.188. The van der Waals surface area contributed by atoms with E-state index in [0.717, 1.165) is 23.0 Å². The van der Waals surface area contributed by atoms with E-state index in [-0.39, 0.29) is 17.2 Å². The number of nitrogens with one attached hydrogen (secondary N) is 1. The van der Waals surface area contributed by atoms with Gasteiger partial charge in [0.2, 0.25) is 15.9 Å². The van der Waals surface area contributed by atoms with Crippen molar-refractivity contribution in [2.45, 2.75) is 38.5 Å². The summed E-state index contributed by atoms with van der Waals surface area (Å²) >= 11 is 0. The molecule has 3 aromatic rings. The zero-order valence-corrected chi connectivity index (χ0v) is 17.8. The van der Waals surface area contributed by atoms with E-state index in [2.05, 4.69) is 12.2 Å². The number of hydrogen-bond acceptors (Lipinski definition) is 4. The van der Waals surface area contributed by atoms with Crippen LogP contribution in [0.4, 0.5) is 5.69 Å². The van der Waals surface area contributed by atoms with Gasteiger partial charge in [0.15, 0.2) is 0 Å². The van der Waals surface area contributed by atoms with Crippen LogP contribution in [0.3, 0.4) is 0 Å². The molecule has 0 aliphatic carbocycles. The topological polar surface area (TPSA) is 79.6 Å². The fourth-order valence-corrected chi connectivity index (χ4v) is 4.74. The Balaban J connectivity index is 1.70. The van der Waals surface area contributed by atoms with Crippen LogP contribution >= 0.6 is 0 Å². The number of anilines is 1. The number of hydrogen-bond donors (Lipinski definition) is 1. The molecule has 0 aliphatic rings. The van der Waals surface area contributed by atoms with Crippen LogP contribution in [-0.2, 0) is 27.7 Å². The maximum atomic E-state index is 12.5. The molecule has 6 nitrogen and oxygen atoms in total. The van der Waals surface area contributed by atoms with Gasteiger partial charge in [0.1, 0.15) is 5.58 Å². The number of furan rings is 1. The van der Waals surface area contributed by atoms with Gasteiger partial charge in [-0.1, -0.05) is 32.9 Å². The van der Waals surface area contributed by atoms with Gasteiger partial charge in [-0.05, 0) is 42.3 Å². The SMILES string of the molecule is CCc1ccc2c(CC(=O)Nc3ccc(S(=O)(=O)N(CC)CC)cc3)coc2c1. The number of carbonyl (C=O) groups is 1. The van der Waals surface area contributed by atoms with Gasteiger partial charge >= 0.3 is 0 Å². The molecule has 1 N–H and O–H groups in total. The monoisotopic (exact) mass is 414 g/mol. The summed E-state index contributed by atoms with van der Waals surface area (Å²) in [6.07, 6.45) is 2.72. The lowest BCUT2D eigenvalue weighted by Crippen LogP contribution is -2.30. The predicted octanol–water partition coefficient (Wildman–Crippen LogP) is 4.21. The van der Waals surface area contributed by atoms with Crippen LogP contribution in [-0.4, -0.2) is 31.7 Å². The largest absolute Gasteiger partial charge is 0.464 e. The van der Waals surface area contributed by atoms with E-state index in [9.17, 15) is 13.2 Å². The fraction of sp³-hybridized carbons (Fsp3) is 0.318. The second kappa shape index (κ2) is 8.80. The van der Waals surface area contributed by atoms with Gasteiger partial charge in [-0.2, -0.15) is 4.31 Å². The van der Waals surface area contributed by atoms with Crippen molar-refractivity contribution in [1.29, 1.82) is 0 Å². The Bertz CT molecular complexity index is 1100. The highest BCUT2D eigenvalue weighted by molar-refractivity contribution is 7.89. The summed E-state index contributed by atoms with van der Waals surface area (Å²) < 4.78 is 32.1. The Morgan fingerprint density at radius 2 is 1.72 bits per heavy atom. The molecule has 1 aromatic heterocycles. The summed E-state index contributed by atoms with van der Waals surface area (Å²) in [4.78, 5) is 12.7. The Kier molecular flexibility index (Phi) is 6.39. The second-order valence-electron chi connectivity index (χ2n) is 6.78. The third-order valence-corrected chi connectivity index (χ3v) is 7.02. The van der Waals surface area contributed by atoms with Crippen LogP contribution in [0.5, 0.6) is 0 Å². The van der Waals surface area contributed by atoms with E-state index in [1.165, 1.54) is 22.0 Å². The average Bonchev–Trinajstić information content (AvgIpc) is 3.10. The highest BCUT2D eigenvalue weighted by Crippen LogP contribution is 2.24. The molecule has 0 saturated carbocycles. The molecule has 29 heavy (non-hydrogen) atoms. The van der Waals surface area contributed by atoms with Gasteiger partial charge in [0.25, 0.3) is 0 Å². The molecule has 0 atom stereocenters. The van der Waals surface area contributed by atoms with E-state index in [1.807, 2.05) is 18.2 Å². The molecule has 0 aliphatic heterocycles. The number of amides is 1.